The number of amides is 2. The lowest BCUT2D eigenvalue weighted by Gasteiger charge is -2.30. The molecule has 140 valence electrons. The maximum Gasteiger partial charge on any atom is 0.338 e. The molecule has 0 saturated carbocycles. The number of carbonyl (C=O) groups excluding carboxylic acids is 2. The number of phenols is 1. The Hall–Kier alpha value is -2.80. The number of carbonyl (C=O) groups is 2. The lowest BCUT2D eigenvalue weighted by molar-refractivity contribution is -0.143. The Morgan fingerprint density at radius 1 is 1.19 bits per heavy atom. The minimum Gasteiger partial charge on any atom is -0.508 e. The number of hydrogen-bond acceptors (Lipinski definition) is 4. The van der Waals surface area contributed by atoms with Gasteiger partial charge in [-0.05, 0) is 37.6 Å². The molecule has 3 rings (SSSR count). The Morgan fingerprint density at radius 3 is 2.56 bits per heavy atom. The Labute approximate surface area is 165 Å². The Balaban J connectivity index is 2.22. The molecule has 1 aliphatic heterocycles. The number of esters is 1. The van der Waals surface area contributed by atoms with Crippen molar-refractivity contribution in [1.29, 1.82) is 0 Å². The largest absolute Gasteiger partial charge is 0.508 e. The number of nitrogens with one attached hydrogen (secondary N) is 2. The molecule has 2 aromatic rings. The van der Waals surface area contributed by atoms with Crippen LogP contribution in [-0.4, -0.2) is 23.2 Å². The van der Waals surface area contributed by atoms with Crippen molar-refractivity contribution in [3.05, 3.63) is 69.7 Å². The molecule has 3 N–H and O–H groups in total. The van der Waals surface area contributed by atoms with E-state index in [0.29, 0.717) is 21.3 Å². The molecule has 1 heterocycles. The first kappa shape index (κ1) is 19.0. The van der Waals surface area contributed by atoms with Gasteiger partial charge in [-0.1, -0.05) is 46.3 Å². The number of phenolic OH excluding ortho intramolecular Hbond substituents is 1. The second-order valence-electron chi connectivity index (χ2n) is 6.34. The van der Waals surface area contributed by atoms with Crippen molar-refractivity contribution in [1.82, 2.24) is 10.6 Å². The van der Waals surface area contributed by atoms with Gasteiger partial charge in [0.15, 0.2) is 0 Å². The highest BCUT2D eigenvalue weighted by molar-refractivity contribution is 9.10. The van der Waals surface area contributed by atoms with Gasteiger partial charge in [0.05, 0.1) is 23.4 Å². The van der Waals surface area contributed by atoms with Crippen molar-refractivity contribution in [3.8, 4) is 5.75 Å². The van der Waals surface area contributed by atoms with E-state index in [9.17, 15) is 14.7 Å². The normalized spacial score (nSPS) is 16.7. The summed E-state index contributed by atoms with van der Waals surface area (Å²) in [6, 6.07) is 12.6. The number of ether oxygens (including phenoxy) is 1. The van der Waals surface area contributed by atoms with E-state index < -0.39 is 18.0 Å². The maximum atomic E-state index is 12.9. The van der Waals surface area contributed by atoms with E-state index in [1.165, 1.54) is 6.07 Å². The highest BCUT2D eigenvalue weighted by atomic mass is 79.9. The second-order valence-corrected chi connectivity index (χ2v) is 7.26. The fourth-order valence-electron chi connectivity index (χ4n) is 2.88. The molecule has 27 heavy (non-hydrogen) atoms. The first-order chi connectivity index (χ1) is 12.9. The Kier molecular flexibility index (Phi) is 5.51. The number of benzene rings is 2. The van der Waals surface area contributed by atoms with E-state index in [1.54, 1.807) is 38.1 Å². The van der Waals surface area contributed by atoms with Gasteiger partial charge in [0.1, 0.15) is 5.75 Å². The van der Waals surface area contributed by atoms with Crippen LogP contribution < -0.4 is 10.6 Å². The molecule has 1 unspecified atom stereocenters. The monoisotopic (exact) mass is 430 g/mol. The number of urea groups is 1. The van der Waals surface area contributed by atoms with Gasteiger partial charge in [-0.15, -0.1) is 0 Å². The summed E-state index contributed by atoms with van der Waals surface area (Å²) in [5.41, 5.74) is 1.64. The average Bonchev–Trinajstić information content (AvgIpc) is 2.63. The molecule has 0 radical (unpaired) electrons. The lowest BCUT2D eigenvalue weighted by Crippen LogP contribution is -2.45. The third-order valence-electron chi connectivity index (χ3n) is 4.00. The molecule has 0 aromatic heterocycles. The van der Waals surface area contributed by atoms with Gasteiger partial charge in [0.2, 0.25) is 0 Å². The summed E-state index contributed by atoms with van der Waals surface area (Å²) in [4.78, 5) is 25.2. The fraction of sp³-hybridized carbons (Fsp3) is 0.200. The average molecular weight is 431 g/mol. The summed E-state index contributed by atoms with van der Waals surface area (Å²) in [5.74, 6) is -0.603. The fourth-order valence-corrected chi connectivity index (χ4v) is 3.26. The molecule has 0 saturated heterocycles. The van der Waals surface area contributed by atoms with E-state index in [-0.39, 0.29) is 17.4 Å². The zero-order valence-electron chi connectivity index (χ0n) is 14.8. The highest BCUT2D eigenvalue weighted by Gasteiger charge is 2.36. The first-order valence-corrected chi connectivity index (χ1v) is 9.22. The third kappa shape index (κ3) is 4.14. The van der Waals surface area contributed by atoms with Gasteiger partial charge in [0.25, 0.3) is 0 Å². The summed E-state index contributed by atoms with van der Waals surface area (Å²) in [6.07, 6.45) is -0.337. The van der Waals surface area contributed by atoms with E-state index in [1.807, 2.05) is 18.2 Å². The summed E-state index contributed by atoms with van der Waals surface area (Å²) < 4.78 is 6.13. The summed E-state index contributed by atoms with van der Waals surface area (Å²) in [6.45, 7) is 3.50. The van der Waals surface area contributed by atoms with Crippen LogP contribution in [0, 0.1) is 0 Å². The number of rotatable bonds is 4. The van der Waals surface area contributed by atoms with E-state index >= 15 is 0 Å². The van der Waals surface area contributed by atoms with Crippen molar-refractivity contribution in [2.45, 2.75) is 26.0 Å². The maximum absolute atomic E-state index is 12.9. The van der Waals surface area contributed by atoms with Gasteiger partial charge in [-0.3, -0.25) is 0 Å². The smallest absolute Gasteiger partial charge is 0.338 e. The summed E-state index contributed by atoms with van der Waals surface area (Å²) in [5, 5.41) is 15.8. The molecule has 0 bridgehead atoms. The predicted molar refractivity (Wildman–Crippen MR) is 105 cm³/mol. The van der Waals surface area contributed by atoms with Crippen LogP contribution in [0.1, 0.15) is 31.0 Å². The molecule has 7 heteroatoms. The zero-order chi connectivity index (χ0) is 19.6. The Bertz CT molecular complexity index is 909. The first-order valence-electron chi connectivity index (χ1n) is 8.43. The predicted octanol–water partition coefficient (Wildman–Crippen LogP) is 3.87. The molecule has 6 nitrogen and oxygen atoms in total. The Morgan fingerprint density at radius 2 is 1.89 bits per heavy atom. The topological polar surface area (TPSA) is 87.7 Å². The van der Waals surface area contributed by atoms with Crippen molar-refractivity contribution >= 4 is 33.6 Å². The van der Waals surface area contributed by atoms with E-state index in [0.717, 1.165) is 0 Å². The highest BCUT2D eigenvalue weighted by Crippen LogP contribution is 2.37. The molecular weight excluding hydrogens is 412 g/mol. The molecule has 0 aliphatic carbocycles. The van der Waals surface area contributed by atoms with Crippen LogP contribution in [0.2, 0.25) is 0 Å². The minimum absolute atomic E-state index is 0.0346. The zero-order valence-corrected chi connectivity index (χ0v) is 16.4. The van der Waals surface area contributed by atoms with Crippen LogP contribution in [0.3, 0.4) is 0 Å². The minimum atomic E-state index is -0.863. The van der Waals surface area contributed by atoms with Gasteiger partial charge in [-0.2, -0.15) is 0 Å². The molecule has 1 atom stereocenters. The molecule has 2 aromatic carbocycles. The molecular formula is C20H19BrN2O4. The summed E-state index contributed by atoms with van der Waals surface area (Å²) >= 11 is 3.36. The third-order valence-corrected chi connectivity index (χ3v) is 4.49. The van der Waals surface area contributed by atoms with Crippen molar-refractivity contribution in [2.24, 2.45) is 0 Å². The van der Waals surface area contributed by atoms with Gasteiger partial charge in [-0.25, -0.2) is 9.59 Å². The van der Waals surface area contributed by atoms with E-state index in [2.05, 4.69) is 26.6 Å². The SMILES string of the molecule is CC(C)OC(=O)C1=C(c2ccccc2)NC(=O)NC1c1cc(Br)ccc1O. The van der Waals surface area contributed by atoms with Crippen molar-refractivity contribution < 1.29 is 19.4 Å². The van der Waals surface area contributed by atoms with Crippen LogP contribution in [0.5, 0.6) is 5.75 Å². The van der Waals surface area contributed by atoms with Crippen molar-refractivity contribution in [2.75, 3.05) is 0 Å². The van der Waals surface area contributed by atoms with Gasteiger partial charge < -0.3 is 20.5 Å². The lowest BCUT2D eigenvalue weighted by atomic mass is 9.92. The standard InChI is InChI=1S/C20H19BrN2O4/c1-11(2)27-19(25)16-17(12-6-4-3-5-7-12)22-20(26)23-18(16)14-10-13(21)8-9-15(14)24/h3-11,18,24H,1-2H3,(H2,22,23,26). The molecule has 2 amide bonds. The number of halogens is 1. The van der Waals surface area contributed by atoms with Crippen LogP contribution >= 0.6 is 15.9 Å². The van der Waals surface area contributed by atoms with Crippen LogP contribution in [-0.2, 0) is 9.53 Å². The number of aromatic hydroxyl groups is 1. The molecule has 1 aliphatic rings. The van der Waals surface area contributed by atoms with Crippen LogP contribution in [0.15, 0.2) is 58.6 Å². The molecule has 0 fully saturated rings. The quantitative estimate of drug-likeness (QED) is 0.642. The molecule has 0 spiro atoms. The summed E-state index contributed by atoms with van der Waals surface area (Å²) in [7, 11) is 0. The van der Waals surface area contributed by atoms with Crippen molar-refractivity contribution in [3.63, 3.8) is 0 Å². The van der Waals surface area contributed by atoms with Gasteiger partial charge in [0, 0.05) is 10.0 Å². The van der Waals surface area contributed by atoms with Crippen LogP contribution in [0.4, 0.5) is 4.79 Å². The van der Waals surface area contributed by atoms with Crippen LogP contribution in [0.25, 0.3) is 5.70 Å². The van der Waals surface area contributed by atoms with E-state index in [4.69, 9.17) is 4.74 Å². The van der Waals surface area contributed by atoms with Gasteiger partial charge >= 0.3 is 12.0 Å². The number of hydrogen-bond donors (Lipinski definition) is 3. The second kappa shape index (κ2) is 7.84.